The molecule has 0 radical (unpaired) electrons. The molecule has 0 amide bonds. The van der Waals surface area contributed by atoms with E-state index in [2.05, 4.69) is 11.9 Å². The fourth-order valence-electron chi connectivity index (χ4n) is 1.82. The highest BCUT2D eigenvalue weighted by atomic mass is 32.2. The van der Waals surface area contributed by atoms with Crippen LogP contribution in [0.25, 0.3) is 5.65 Å². The monoisotopic (exact) mass is 277 g/mol. The minimum atomic E-state index is -0.0174. The molecule has 102 valence electrons. The first kappa shape index (κ1) is 14.1. The van der Waals surface area contributed by atoms with Crippen LogP contribution in [0.3, 0.4) is 0 Å². The van der Waals surface area contributed by atoms with Crippen LogP contribution in [0, 0.1) is 12.8 Å². The lowest BCUT2D eigenvalue weighted by Crippen LogP contribution is -2.16. The lowest BCUT2D eigenvalue weighted by Gasteiger charge is -2.08. The summed E-state index contributed by atoms with van der Waals surface area (Å²) in [5, 5.41) is 0. The second-order valence-corrected chi connectivity index (χ2v) is 5.86. The van der Waals surface area contributed by atoms with Crippen molar-refractivity contribution in [1.82, 2.24) is 9.38 Å². The zero-order chi connectivity index (χ0) is 13.8. The summed E-state index contributed by atoms with van der Waals surface area (Å²) in [6, 6.07) is 5.45. The molecule has 0 bridgehead atoms. The van der Waals surface area contributed by atoms with E-state index in [0.717, 1.165) is 28.4 Å². The van der Waals surface area contributed by atoms with Gasteiger partial charge in [-0.05, 0) is 36.8 Å². The maximum atomic E-state index is 12.0. The number of fused-ring (bicyclic) bond motifs is 1. The molecule has 2 aromatic heterocycles. The molecule has 2 rings (SSSR count). The van der Waals surface area contributed by atoms with Gasteiger partial charge in [0.2, 0.25) is 0 Å². The number of aryl methyl sites for hydroxylation is 1. The summed E-state index contributed by atoms with van der Waals surface area (Å²) in [5.74, 6) is 2.24. The molecular weight excluding hydrogens is 258 g/mol. The Morgan fingerprint density at radius 1 is 1.53 bits per heavy atom. The maximum Gasteiger partial charge on any atom is 0.258 e. The largest absolute Gasteiger partial charge is 0.330 e. The molecule has 0 aliphatic heterocycles. The van der Waals surface area contributed by atoms with E-state index < -0.39 is 0 Å². The van der Waals surface area contributed by atoms with Crippen LogP contribution in [-0.2, 0) is 5.75 Å². The van der Waals surface area contributed by atoms with Crippen LogP contribution in [0.15, 0.2) is 29.2 Å². The van der Waals surface area contributed by atoms with Crippen molar-refractivity contribution in [3.05, 3.63) is 46.0 Å². The molecule has 2 N–H and O–H groups in total. The highest BCUT2D eigenvalue weighted by molar-refractivity contribution is 7.98. The van der Waals surface area contributed by atoms with Crippen LogP contribution < -0.4 is 11.3 Å². The van der Waals surface area contributed by atoms with Crippen LogP contribution in [0.5, 0.6) is 0 Å². The lowest BCUT2D eigenvalue weighted by atomic mass is 10.2. The van der Waals surface area contributed by atoms with Crippen molar-refractivity contribution >= 4 is 17.4 Å². The van der Waals surface area contributed by atoms with Gasteiger partial charge in [-0.25, -0.2) is 4.98 Å². The van der Waals surface area contributed by atoms with Gasteiger partial charge < -0.3 is 5.73 Å². The Morgan fingerprint density at radius 2 is 2.32 bits per heavy atom. The molecule has 4 nitrogen and oxygen atoms in total. The summed E-state index contributed by atoms with van der Waals surface area (Å²) < 4.78 is 1.59. The van der Waals surface area contributed by atoms with E-state index in [1.54, 1.807) is 28.4 Å². The molecule has 0 aliphatic rings. The Bertz CT molecular complexity index is 624. The van der Waals surface area contributed by atoms with Crippen molar-refractivity contribution in [2.24, 2.45) is 11.7 Å². The number of rotatable bonds is 5. The van der Waals surface area contributed by atoms with Crippen LogP contribution in [0.4, 0.5) is 0 Å². The Balaban J connectivity index is 2.21. The predicted molar refractivity (Wildman–Crippen MR) is 80.6 cm³/mol. The van der Waals surface area contributed by atoms with E-state index in [4.69, 9.17) is 5.73 Å². The molecule has 2 heterocycles. The summed E-state index contributed by atoms with van der Waals surface area (Å²) in [6.07, 6.45) is 1.76. The number of pyridine rings is 1. The van der Waals surface area contributed by atoms with Crippen LogP contribution in [-0.4, -0.2) is 21.7 Å². The van der Waals surface area contributed by atoms with Gasteiger partial charge in [0.1, 0.15) is 5.65 Å². The van der Waals surface area contributed by atoms with Gasteiger partial charge in [-0.15, -0.1) is 0 Å². The Hall–Kier alpha value is -1.33. The Labute approximate surface area is 117 Å². The first-order chi connectivity index (χ1) is 9.11. The first-order valence-electron chi connectivity index (χ1n) is 6.37. The normalized spacial score (nSPS) is 12.8. The number of aromatic nitrogens is 2. The topological polar surface area (TPSA) is 60.4 Å². The molecule has 2 aromatic rings. The molecule has 0 fully saturated rings. The average Bonchev–Trinajstić information content (AvgIpc) is 2.40. The smallest absolute Gasteiger partial charge is 0.258 e. The predicted octanol–water partition coefficient (Wildman–Crippen LogP) is 1.83. The van der Waals surface area contributed by atoms with Crippen molar-refractivity contribution < 1.29 is 0 Å². The van der Waals surface area contributed by atoms with E-state index in [9.17, 15) is 4.79 Å². The number of hydrogen-bond donors (Lipinski definition) is 1. The van der Waals surface area contributed by atoms with Gasteiger partial charge in [0.05, 0.1) is 5.69 Å². The van der Waals surface area contributed by atoms with Crippen molar-refractivity contribution in [2.45, 2.75) is 19.6 Å². The lowest BCUT2D eigenvalue weighted by molar-refractivity contribution is 0.675. The standard InChI is InChI=1S/C14H19N3OS/c1-10(7-15)8-19-9-12-6-13(18)17-5-3-4-11(2)14(17)16-12/h3-6,10H,7-9,15H2,1-2H3. The van der Waals surface area contributed by atoms with Crippen molar-refractivity contribution in [3.8, 4) is 0 Å². The number of thioether (sulfide) groups is 1. The van der Waals surface area contributed by atoms with Crippen molar-refractivity contribution in [1.29, 1.82) is 0 Å². The molecular formula is C14H19N3OS. The Morgan fingerprint density at radius 3 is 3.05 bits per heavy atom. The Kier molecular flexibility index (Phi) is 4.61. The summed E-state index contributed by atoms with van der Waals surface area (Å²) in [7, 11) is 0. The van der Waals surface area contributed by atoms with Crippen molar-refractivity contribution in [2.75, 3.05) is 12.3 Å². The molecule has 19 heavy (non-hydrogen) atoms. The highest BCUT2D eigenvalue weighted by Gasteiger charge is 2.05. The van der Waals surface area contributed by atoms with Gasteiger partial charge in [-0.1, -0.05) is 13.0 Å². The highest BCUT2D eigenvalue weighted by Crippen LogP contribution is 2.14. The molecule has 0 saturated heterocycles. The molecule has 1 unspecified atom stereocenters. The number of nitrogens with two attached hydrogens (primary N) is 1. The van der Waals surface area contributed by atoms with E-state index in [1.165, 1.54) is 0 Å². The van der Waals surface area contributed by atoms with Gasteiger partial charge in [0.15, 0.2) is 0 Å². The number of hydrogen-bond acceptors (Lipinski definition) is 4. The average molecular weight is 277 g/mol. The third kappa shape index (κ3) is 3.36. The van der Waals surface area contributed by atoms with Gasteiger partial charge in [0.25, 0.3) is 5.56 Å². The minimum absolute atomic E-state index is 0.0174. The second kappa shape index (κ2) is 6.21. The summed E-state index contributed by atoms with van der Waals surface area (Å²) in [4.78, 5) is 16.6. The van der Waals surface area contributed by atoms with Gasteiger partial charge in [-0.2, -0.15) is 11.8 Å². The fraction of sp³-hybridized carbons (Fsp3) is 0.429. The summed E-state index contributed by atoms with van der Waals surface area (Å²) in [5.41, 5.74) is 8.17. The fourth-order valence-corrected chi connectivity index (χ4v) is 2.83. The molecule has 0 saturated carbocycles. The zero-order valence-electron chi connectivity index (χ0n) is 11.3. The maximum absolute atomic E-state index is 12.0. The van der Waals surface area contributed by atoms with E-state index in [1.807, 2.05) is 19.1 Å². The van der Waals surface area contributed by atoms with E-state index >= 15 is 0 Å². The van der Waals surface area contributed by atoms with E-state index in [-0.39, 0.29) is 5.56 Å². The second-order valence-electron chi connectivity index (χ2n) is 4.83. The van der Waals surface area contributed by atoms with Crippen LogP contribution in [0.2, 0.25) is 0 Å². The van der Waals surface area contributed by atoms with Crippen molar-refractivity contribution in [3.63, 3.8) is 0 Å². The first-order valence-corrected chi connectivity index (χ1v) is 7.53. The molecule has 1 atom stereocenters. The summed E-state index contributed by atoms with van der Waals surface area (Å²) >= 11 is 1.77. The quantitative estimate of drug-likeness (QED) is 0.906. The third-order valence-electron chi connectivity index (χ3n) is 2.99. The minimum Gasteiger partial charge on any atom is -0.330 e. The molecule has 0 aliphatic carbocycles. The summed E-state index contributed by atoms with van der Waals surface area (Å²) in [6.45, 7) is 4.79. The van der Waals surface area contributed by atoms with Gasteiger partial charge in [-0.3, -0.25) is 9.20 Å². The van der Waals surface area contributed by atoms with E-state index in [0.29, 0.717) is 12.5 Å². The molecule has 0 spiro atoms. The zero-order valence-corrected chi connectivity index (χ0v) is 12.1. The molecule has 0 aromatic carbocycles. The van der Waals surface area contributed by atoms with Gasteiger partial charge >= 0.3 is 0 Å². The van der Waals surface area contributed by atoms with Crippen LogP contribution >= 0.6 is 11.8 Å². The SMILES string of the molecule is Cc1cccn2c(=O)cc(CSCC(C)CN)nc12. The number of nitrogens with zero attached hydrogens (tertiary/aromatic N) is 2. The molecule has 5 heteroatoms. The third-order valence-corrected chi connectivity index (χ3v) is 4.30. The van der Waals surface area contributed by atoms with Crippen LogP contribution in [0.1, 0.15) is 18.2 Å². The van der Waals surface area contributed by atoms with Gasteiger partial charge in [0, 0.05) is 18.0 Å².